The Hall–Kier alpha value is -1.16. The minimum absolute atomic E-state index is 0.261. The van der Waals surface area contributed by atoms with Gasteiger partial charge in [0.1, 0.15) is 11.6 Å². The first kappa shape index (κ1) is 11.9. The Bertz CT molecular complexity index is 379. The van der Waals surface area contributed by atoms with Crippen molar-refractivity contribution in [1.29, 1.82) is 0 Å². The van der Waals surface area contributed by atoms with Crippen LogP contribution in [0.25, 0.3) is 0 Å². The van der Waals surface area contributed by atoms with Gasteiger partial charge in [-0.25, -0.2) is 9.37 Å². The van der Waals surface area contributed by atoms with Crippen molar-refractivity contribution >= 4 is 5.82 Å². The molecule has 0 bridgehead atoms. The van der Waals surface area contributed by atoms with Crippen molar-refractivity contribution in [2.75, 3.05) is 31.1 Å². The van der Waals surface area contributed by atoms with Crippen LogP contribution >= 0.6 is 0 Å². The molecule has 2 aliphatic rings. The number of pyridine rings is 1. The van der Waals surface area contributed by atoms with Gasteiger partial charge in [-0.3, -0.25) is 4.90 Å². The van der Waals surface area contributed by atoms with Crippen LogP contribution < -0.4 is 4.90 Å². The van der Waals surface area contributed by atoms with Gasteiger partial charge in [-0.2, -0.15) is 0 Å². The highest BCUT2D eigenvalue weighted by atomic mass is 19.1. The van der Waals surface area contributed by atoms with E-state index in [4.69, 9.17) is 0 Å². The summed E-state index contributed by atoms with van der Waals surface area (Å²) in [5.74, 6) is 0.644. The molecule has 0 unspecified atom stereocenters. The van der Waals surface area contributed by atoms with E-state index in [1.807, 2.05) is 0 Å². The molecule has 0 amide bonds. The fourth-order valence-electron chi connectivity index (χ4n) is 3.14. The Morgan fingerprint density at radius 1 is 1.06 bits per heavy atom. The van der Waals surface area contributed by atoms with Crippen LogP contribution in [0.1, 0.15) is 25.7 Å². The van der Waals surface area contributed by atoms with Gasteiger partial charge in [0.25, 0.3) is 0 Å². The summed E-state index contributed by atoms with van der Waals surface area (Å²) in [6.45, 7) is 4.25. The Balaban J connectivity index is 1.57. The molecule has 0 spiro atoms. The number of anilines is 1. The third-order valence-corrected chi connectivity index (χ3v) is 4.19. The summed E-state index contributed by atoms with van der Waals surface area (Å²) in [4.78, 5) is 9.03. The average Bonchev–Trinajstić information content (AvgIpc) is 2.94. The molecule has 1 aliphatic carbocycles. The molecule has 3 rings (SSSR count). The molecule has 0 atom stereocenters. The fraction of sp³-hybridized carbons (Fsp3) is 0.643. The van der Waals surface area contributed by atoms with E-state index in [-0.39, 0.29) is 5.82 Å². The Labute approximate surface area is 108 Å². The number of hydrogen-bond donors (Lipinski definition) is 0. The number of halogens is 1. The maximum atomic E-state index is 12.8. The molecule has 1 aliphatic heterocycles. The van der Waals surface area contributed by atoms with Crippen LogP contribution in [0.15, 0.2) is 18.3 Å². The molecule has 2 heterocycles. The Kier molecular flexibility index (Phi) is 3.46. The van der Waals surface area contributed by atoms with Crippen LogP contribution in [0.2, 0.25) is 0 Å². The largest absolute Gasteiger partial charge is 0.354 e. The van der Waals surface area contributed by atoms with Crippen LogP contribution in [-0.4, -0.2) is 42.1 Å². The third kappa shape index (κ3) is 2.48. The molecular formula is C14H20FN3. The number of nitrogens with zero attached hydrogens (tertiary/aromatic N) is 3. The van der Waals surface area contributed by atoms with Gasteiger partial charge in [0.05, 0.1) is 6.20 Å². The van der Waals surface area contributed by atoms with Crippen molar-refractivity contribution in [2.45, 2.75) is 31.7 Å². The first-order chi connectivity index (χ1) is 8.83. The molecule has 1 aromatic heterocycles. The van der Waals surface area contributed by atoms with E-state index in [0.717, 1.165) is 38.0 Å². The summed E-state index contributed by atoms with van der Waals surface area (Å²) >= 11 is 0. The van der Waals surface area contributed by atoms with Gasteiger partial charge in [0, 0.05) is 32.2 Å². The quantitative estimate of drug-likeness (QED) is 0.801. The summed E-state index contributed by atoms with van der Waals surface area (Å²) in [6.07, 6.45) is 6.83. The number of piperazine rings is 1. The zero-order valence-electron chi connectivity index (χ0n) is 10.7. The lowest BCUT2D eigenvalue weighted by Crippen LogP contribution is -2.49. The monoisotopic (exact) mass is 249 g/mol. The van der Waals surface area contributed by atoms with E-state index in [2.05, 4.69) is 14.8 Å². The van der Waals surface area contributed by atoms with Crippen LogP contribution in [0.4, 0.5) is 10.2 Å². The van der Waals surface area contributed by atoms with Crippen LogP contribution in [0, 0.1) is 5.82 Å². The van der Waals surface area contributed by atoms with E-state index in [1.165, 1.54) is 37.9 Å². The van der Waals surface area contributed by atoms with E-state index in [0.29, 0.717) is 0 Å². The molecule has 0 N–H and O–H groups in total. The summed E-state index contributed by atoms with van der Waals surface area (Å²) in [6, 6.07) is 4.08. The minimum atomic E-state index is -0.261. The van der Waals surface area contributed by atoms with Crippen molar-refractivity contribution in [2.24, 2.45) is 0 Å². The molecule has 1 aromatic rings. The highest BCUT2D eigenvalue weighted by molar-refractivity contribution is 5.38. The first-order valence-corrected chi connectivity index (χ1v) is 6.93. The van der Waals surface area contributed by atoms with Crippen LogP contribution in [0.5, 0.6) is 0 Å². The zero-order chi connectivity index (χ0) is 12.4. The molecule has 0 radical (unpaired) electrons. The molecule has 18 heavy (non-hydrogen) atoms. The summed E-state index contributed by atoms with van der Waals surface area (Å²) < 4.78 is 12.8. The lowest BCUT2D eigenvalue weighted by molar-refractivity contribution is 0.187. The highest BCUT2D eigenvalue weighted by Crippen LogP contribution is 2.25. The lowest BCUT2D eigenvalue weighted by atomic mass is 10.2. The molecule has 1 saturated heterocycles. The Morgan fingerprint density at radius 2 is 1.78 bits per heavy atom. The van der Waals surface area contributed by atoms with Gasteiger partial charge < -0.3 is 4.90 Å². The second kappa shape index (κ2) is 5.22. The van der Waals surface area contributed by atoms with Crippen molar-refractivity contribution in [1.82, 2.24) is 9.88 Å². The molecule has 98 valence electrons. The third-order valence-electron chi connectivity index (χ3n) is 4.19. The Morgan fingerprint density at radius 3 is 2.39 bits per heavy atom. The molecule has 3 nitrogen and oxygen atoms in total. The van der Waals surface area contributed by atoms with Crippen LogP contribution in [-0.2, 0) is 0 Å². The van der Waals surface area contributed by atoms with E-state index < -0.39 is 0 Å². The van der Waals surface area contributed by atoms with Gasteiger partial charge in [0.15, 0.2) is 0 Å². The summed E-state index contributed by atoms with van der Waals surface area (Å²) in [5, 5.41) is 0. The molecule has 4 heteroatoms. The second-order valence-corrected chi connectivity index (χ2v) is 5.30. The van der Waals surface area contributed by atoms with Crippen LogP contribution in [0.3, 0.4) is 0 Å². The van der Waals surface area contributed by atoms with Crippen molar-refractivity contribution in [3.63, 3.8) is 0 Å². The average molecular weight is 249 g/mol. The van der Waals surface area contributed by atoms with Gasteiger partial charge in [-0.05, 0) is 25.0 Å². The maximum Gasteiger partial charge on any atom is 0.141 e. The first-order valence-electron chi connectivity index (χ1n) is 6.93. The van der Waals surface area contributed by atoms with Crippen molar-refractivity contribution in [3.8, 4) is 0 Å². The second-order valence-electron chi connectivity index (χ2n) is 5.30. The fourth-order valence-corrected chi connectivity index (χ4v) is 3.14. The smallest absolute Gasteiger partial charge is 0.141 e. The zero-order valence-corrected chi connectivity index (χ0v) is 10.7. The minimum Gasteiger partial charge on any atom is -0.354 e. The predicted octanol–water partition coefficient (Wildman–Crippen LogP) is 2.29. The maximum absolute atomic E-state index is 12.8. The van der Waals surface area contributed by atoms with Gasteiger partial charge >= 0.3 is 0 Å². The topological polar surface area (TPSA) is 19.4 Å². The van der Waals surface area contributed by atoms with Gasteiger partial charge in [-0.1, -0.05) is 12.8 Å². The number of rotatable bonds is 2. The summed E-state index contributed by atoms with van der Waals surface area (Å²) in [7, 11) is 0. The van der Waals surface area contributed by atoms with Crippen molar-refractivity contribution in [3.05, 3.63) is 24.1 Å². The van der Waals surface area contributed by atoms with Gasteiger partial charge in [-0.15, -0.1) is 0 Å². The van der Waals surface area contributed by atoms with E-state index >= 15 is 0 Å². The number of aromatic nitrogens is 1. The van der Waals surface area contributed by atoms with E-state index in [9.17, 15) is 4.39 Å². The standard InChI is InChI=1S/C14H20FN3/c15-12-5-6-14(16-11-12)18-9-7-17(8-10-18)13-3-1-2-4-13/h5-6,11,13H,1-4,7-10H2. The molecular weight excluding hydrogens is 229 g/mol. The molecule has 1 saturated carbocycles. The lowest BCUT2D eigenvalue weighted by Gasteiger charge is -2.38. The van der Waals surface area contributed by atoms with E-state index in [1.54, 1.807) is 6.07 Å². The normalized spacial score (nSPS) is 22.6. The number of hydrogen-bond acceptors (Lipinski definition) is 3. The van der Waals surface area contributed by atoms with Crippen molar-refractivity contribution < 1.29 is 4.39 Å². The summed E-state index contributed by atoms with van der Waals surface area (Å²) in [5.41, 5.74) is 0. The predicted molar refractivity (Wildman–Crippen MR) is 70.2 cm³/mol. The highest BCUT2D eigenvalue weighted by Gasteiger charge is 2.26. The molecule has 2 fully saturated rings. The molecule has 0 aromatic carbocycles. The SMILES string of the molecule is Fc1ccc(N2CCN(C3CCCC3)CC2)nc1. The van der Waals surface area contributed by atoms with Gasteiger partial charge in [0.2, 0.25) is 0 Å².